The summed E-state index contributed by atoms with van der Waals surface area (Å²) < 4.78 is 0. The fourth-order valence-corrected chi connectivity index (χ4v) is 2.23. The molecule has 0 aliphatic carbocycles. The second-order valence-electron chi connectivity index (χ2n) is 4.36. The zero-order valence-electron chi connectivity index (χ0n) is 9.80. The van der Waals surface area contributed by atoms with Crippen molar-refractivity contribution in [3.63, 3.8) is 0 Å². The van der Waals surface area contributed by atoms with Crippen LogP contribution in [0.5, 0.6) is 0 Å². The van der Waals surface area contributed by atoms with Crippen LogP contribution in [0.2, 0.25) is 0 Å². The molecular weight excluding hydrogens is 216 g/mol. The second kappa shape index (κ2) is 4.57. The lowest BCUT2D eigenvalue weighted by molar-refractivity contribution is -0.136. The summed E-state index contributed by atoms with van der Waals surface area (Å²) in [4.78, 5) is 24.8. The zero-order chi connectivity index (χ0) is 12.4. The van der Waals surface area contributed by atoms with Crippen LogP contribution in [0.15, 0.2) is 30.3 Å². The Morgan fingerprint density at radius 2 is 2.06 bits per heavy atom. The van der Waals surface area contributed by atoms with Crippen molar-refractivity contribution in [1.29, 1.82) is 0 Å². The quantitative estimate of drug-likeness (QED) is 0.840. The summed E-state index contributed by atoms with van der Waals surface area (Å²) in [5.74, 6) is -0.576. The van der Waals surface area contributed by atoms with Crippen LogP contribution in [-0.4, -0.2) is 29.3 Å². The molecule has 1 saturated heterocycles. The number of nitrogens with zero attached hydrogens (tertiary/aromatic N) is 1. The molecule has 1 fully saturated rings. The predicted octanol–water partition coefficient (Wildman–Crippen LogP) is 0.876. The minimum atomic E-state index is -0.517. The molecule has 0 bridgehead atoms. The third-order valence-electron chi connectivity index (χ3n) is 3.32. The molecule has 2 amide bonds. The summed E-state index contributed by atoms with van der Waals surface area (Å²) in [7, 11) is 0. The topological polar surface area (TPSA) is 63.4 Å². The lowest BCUT2D eigenvalue weighted by Crippen LogP contribution is -2.43. The minimum Gasteiger partial charge on any atom is -0.368 e. The van der Waals surface area contributed by atoms with Crippen LogP contribution in [-0.2, 0) is 9.59 Å². The lowest BCUT2D eigenvalue weighted by Gasteiger charge is -2.21. The van der Waals surface area contributed by atoms with Crippen molar-refractivity contribution in [2.75, 3.05) is 6.54 Å². The monoisotopic (exact) mass is 232 g/mol. The van der Waals surface area contributed by atoms with Gasteiger partial charge in [0.15, 0.2) is 0 Å². The molecule has 2 unspecified atom stereocenters. The standard InChI is InChI=1S/C13H16N2O2/c1-9(12(14)16)15-8-7-11(13(15)17)10-5-3-2-4-6-10/h2-6,9,11H,7-8H2,1H3,(H2,14,16). The molecular formula is C13H16N2O2. The van der Waals surface area contributed by atoms with Crippen LogP contribution in [0.25, 0.3) is 0 Å². The number of benzene rings is 1. The predicted molar refractivity (Wildman–Crippen MR) is 64.2 cm³/mol. The Morgan fingerprint density at radius 1 is 1.41 bits per heavy atom. The molecule has 0 aromatic heterocycles. The molecule has 2 atom stereocenters. The van der Waals surface area contributed by atoms with E-state index < -0.39 is 11.9 Å². The van der Waals surface area contributed by atoms with Crippen molar-refractivity contribution >= 4 is 11.8 Å². The number of nitrogens with two attached hydrogens (primary N) is 1. The molecule has 1 aromatic rings. The molecule has 4 heteroatoms. The maximum absolute atomic E-state index is 12.2. The van der Waals surface area contributed by atoms with E-state index in [1.54, 1.807) is 11.8 Å². The average Bonchev–Trinajstić information content (AvgIpc) is 2.71. The number of hydrogen-bond acceptors (Lipinski definition) is 2. The third kappa shape index (κ3) is 2.16. The van der Waals surface area contributed by atoms with E-state index in [0.717, 1.165) is 12.0 Å². The largest absolute Gasteiger partial charge is 0.368 e. The first-order valence-electron chi connectivity index (χ1n) is 5.76. The Hall–Kier alpha value is -1.84. The van der Waals surface area contributed by atoms with Gasteiger partial charge in [-0.15, -0.1) is 0 Å². The smallest absolute Gasteiger partial charge is 0.239 e. The highest BCUT2D eigenvalue weighted by Gasteiger charge is 2.36. The molecule has 1 aliphatic rings. The number of carbonyl (C=O) groups is 2. The van der Waals surface area contributed by atoms with E-state index in [-0.39, 0.29) is 11.8 Å². The van der Waals surface area contributed by atoms with Crippen LogP contribution >= 0.6 is 0 Å². The zero-order valence-corrected chi connectivity index (χ0v) is 9.80. The average molecular weight is 232 g/mol. The molecule has 4 nitrogen and oxygen atoms in total. The van der Waals surface area contributed by atoms with Crippen molar-refractivity contribution in [2.45, 2.75) is 25.3 Å². The number of amides is 2. The fraction of sp³-hybridized carbons (Fsp3) is 0.385. The van der Waals surface area contributed by atoms with Crippen LogP contribution in [0, 0.1) is 0 Å². The normalized spacial score (nSPS) is 21.6. The van der Waals surface area contributed by atoms with Gasteiger partial charge in [0, 0.05) is 6.54 Å². The van der Waals surface area contributed by atoms with Crippen molar-refractivity contribution in [2.24, 2.45) is 5.73 Å². The molecule has 17 heavy (non-hydrogen) atoms. The van der Waals surface area contributed by atoms with E-state index in [9.17, 15) is 9.59 Å². The van der Waals surface area contributed by atoms with E-state index in [0.29, 0.717) is 6.54 Å². The van der Waals surface area contributed by atoms with Crippen molar-refractivity contribution < 1.29 is 9.59 Å². The first-order valence-corrected chi connectivity index (χ1v) is 5.76. The van der Waals surface area contributed by atoms with Gasteiger partial charge in [-0.05, 0) is 18.9 Å². The van der Waals surface area contributed by atoms with Gasteiger partial charge in [-0.25, -0.2) is 0 Å². The van der Waals surface area contributed by atoms with E-state index in [2.05, 4.69) is 0 Å². The van der Waals surface area contributed by atoms with Crippen molar-refractivity contribution in [1.82, 2.24) is 4.90 Å². The van der Waals surface area contributed by atoms with Crippen LogP contribution in [0.4, 0.5) is 0 Å². The maximum atomic E-state index is 12.2. The Labute approximate surface area is 100 Å². The number of carbonyl (C=O) groups excluding carboxylic acids is 2. The van der Waals surface area contributed by atoms with Gasteiger partial charge >= 0.3 is 0 Å². The summed E-state index contributed by atoms with van der Waals surface area (Å²) >= 11 is 0. The Bertz CT molecular complexity index is 430. The highest BCUT2D eigenvalue weighted by molar-refractivity contribution is 5.91. The maximum Gasteiger partial charge on any atom is 0.239 e. The van der Waals surface area contributed by atoms with Crippen LogP contribution in [0.3, 0.4) is 0 Å². The van der Waals surface area contributed by atoms with E-state index >= 15 is 0 Å². The number of likely N-dealkylation sites (tertiary alicyclic amines) is 1. The molecule has 0 spiro atoms. The van der Waals surface area contributed by atoms with Gasteiger partial charge in [-0.3, -0.25) is 9.59 Å². The SMILES string of the molecule is CC(C(N)=O)N1CCC(c2ccccc2)C1=O. The Kier molecular flexibility index (Phi) is 3.13. The second-order valence-corrected chi connectivity index (χ2v) is 4.36. The van der Waals surface area contributed by atoms with Crippen LogP contribution < -0.4 is 5.73 Å². The lowest BCUT2D eigenvalue weighted by atomic mass is 9.98. The summed E-state index contributed by atoms with van der Waals surface area (Å²) in [5.41, 5.74) is 6.24. The van der Waals surface area contributed by atoms with Gasteiger partial charge in [0.05, 0.1) is 5.92 Å². The molecule has 2 N–H and O–H groups in total. The summed E-state index contributed by atoms with van der Waals surface area (Å²) in [6.45, 7) is 2.27. The van der Waals surface area contributed by atoms with E-state index in [4.69, 9.17) is 5.73 Å². The van der Waals surface area contributed by atoms with Gasteiger partial charge in [0.1, 0.15) is 6.04 Å². The van der Waals surface area contributed by atoms with E-state index in [1.807, 2.05) is 30.3 Å². The number of rotatable bonds is 3. The molecule has 2 rings (SSSR count). The third-order valence-corrected chi connectivity index (χ3v) is 3.32. The molecule has 0 saturated carbocycles. The van der Waals surface area contributed by atoms with Gasteiger partial charge in [-0.2, -0.15) is 0 Å². The van der Waals surface area contributed by atoms with Gasteiger partial charge in [0.2, 0.25) is 11.8 Å². The molecule has 90 valence electrons. The number of primary amides is 1. The highest BCUT2D eigenvalue weighted by atomic mass is 16.2. The fourth-order valence-electron chi connectivity index (χ4n) is 2.23. The molecule has 1 aliphatic heterocycles. The first-order chi connectivity index (χ1) is 8.11. The summed E-state index contributed by atoms with van der Waals surface area (Å²) in [6, 6.07) is 9.14. The van der Waals surface area contributed by atoms with Gasteiger partial charge in [0.25, 0.3) is 0 Å². The summed E-state index contributed by atoms with van der Waals surface area (Å²) in [6.07, 6.45) is 0.750. The van der Waals surface area contributed by atoms with Crippen LogP contribution in [0.1, 0.15) is 24.8 Å². The highest BCUT2D eigenvalue weighted by Crippen LogP contribution is 2.29. The Balaban J connectivity index is 2.16. The number of hydrogen-bond donors (Lipinski definition) is 1. The molecule has 1 heterocycles. The minimum absolute atomic E-state index is 0.00231. The van der Waals surface area contributed by atoms with E-state index in [1.165, 1.54) is 0 Å². The van der Waals surface area contributed by atoms with Crippen molar-refractivity contribution in [3.8, 4) is 0 Å². The van der Waals surface area contributed by atoms with Gasteiger partial charge < -0.3 is 10.6 Å². The Morgan fingerprint density at radius 3 is 2.65 bits per heavy atom. The molecule has 1 aromatic carbocycles. The van der Waals surface area contributed by atoms with Gasteiger partial charge in [-0.1, -0.05) is 30.3 Å². The van der Waals surface area contributed by atoms with Crippen molar-refractivity contribution in [3.05, 3.63) is 35.9 Å². The molecule has 0 radical (unpaired) electrons. The summed E-state index contributed by atoms with van der Waals surface area (Å²) in [5, 5.41) is 0. The first kappa shape index (κ1) is 11.6.